The van der Waals surface area contributed by atoms with Crippen LogP contribution in [-0.2, 0) is 6.54 Å². The van der Waals surface area contributed by atoms with E-state index in [1.54, 1.807) is 12.1 Å². The SMILES string of the molecule is CCNC1CCN(Cc2ccc(F)cc2C)CC1. The molecule has 1 N–H and O–H groups in total. The number of piperidine rings is 1. The summed E-state index contributed by atoms with van der Waals surface area (Å²) in [7, 11) is 0. The summed E-state index contributed by atoms with van der Waals surface area (Å²) in [6, 6.07) is 5.79. The first-order valence-electron chi connectivity index (χ1n) is 6.90. The van der Waals surface area contributed by atoms with Crippen LogP contribution in [0.1, 0.15) is 30.9 Å². The summed E-state index contributed by atoms with van der Waals surface area (Å²) in [5.74, 6) is -0.137. The van der Waals surface area contributed by atoms with E-state index in [0.717, 1.165) is 31.7 Å². The zero-order valence-electron chi connectivity index (χ0n) is 11.4. The molecular formula is C15H23FN2. The number of likely N-dealkylation sites (tertiary alicyclic amines) is 1. The fraction of sp³-hybridized carbons (Fsp3) is 0.600. The zero-order chi connectivity index (χ0) is 13.0. The van der Waals surface area contributed by atoms with E-state index in [9.17, 15) is 4.39 Å². The van der Waals surface area contributed by atoms with Gasteiger partial charge in [-0.05, 0) is 62.7 Å². The fourth-order valence-electron chi connectivity index (χ4n) is 2.66. The van der Waals surface area contributed by atoms with Gasteiger partial charge in [-0.15, -0.1) is 0 Å². The van der Waals surface area contributed by atoms with Crippen LogP contribution >= 0.6 is 0 Å². The Morgan fingerprint density at radius 2 is 2.06 bits per heavy atom. The zero-order valence-corrected chi connectivity index (χ0v) is 11.4. The highest BCUT2D eigenvalue weighted by Crippen LogP contribution is 2.17. The van der Waals surface area contributed by atoms with Crippen molar-refractivity contribution < 1.29 is 4.39 Å². The predicted molar refractivity (Wildman–Crippen MR) is 73.1 cm³/mol. The van der Waals surface area contributed by atoms with Crippen LogP contribution in [0.4, 0.5) is 4.39 Å². The van der Waals surface area contributed by atoms with Crippen LogP contribution in [0.5, 0.6) is 0 Å². The molecule has 2 nitrogen and oxygen atoms in total. The largest absolute Gasteiger partial charge is 0.314 e. The summed E-state index contributed by atoms with van der Waals surface area (Å²) in [4.78, 5) is 2.47. The second-order valence-electron chi connectivity index (χ2n) is 5.18. The lowest BCUT2D eigenvalue weighted by Crippen LogP contribution is -2.42. The molecule has 18 heavy (non-hydrogen) atoms. The quantitative estimate of drug-likeness (QED) is 0.884. The van der Waals surface area contributed by atoms with Crippen LogP contribution in [0.3, 0.4) is 0 Å². The van der Waals surface area contributed by atoms with Gasteiger partial charge in [0, 0.05) is 12.6 Å². The van der Waals surface area contributed by atoms with Crippen molar-refractivity contribution in [3.8, 4) is 0 Å². The van der Waals surface area contributed by atoms with Gasteiger partial charge in [-0.1, -0.05) is 13.0 Å². The number of hydrogen-bond acceptors (Lipinski definition) is 2. The number of hydrogen-bond donors (Lipinski definition) is 1. The number of nitrogens with zero attached hydrogens (tertiary/aromatic N) is 1. The minimum atomic E-state index is -0.137. The molecule has 0 saturated carbocycles. The van der Waals surface area contributed by atoms with Crippen molar-refractivity contribution in [3.05, 3.63) is 35.1 Å². The summed E-state index contributed by atoms with van der Waals surface area (Å²) in [6.07, 6.45) is 2.43. The molecule has 1 aliphatic rings. The molecule has 3 heteroatoms. The molecule has 2 rings (SSSR count). The number of benzene rings is 1. The Bertz CT molecular complexity index is 384. The van der Waals surface area contributed by atoms with Crippen LogP contribution in [0.15, 0.2) is 18.2 Å². The van der Waals surface area contributed by atoms with Crippen molar-refractivity contribution in [1.82, 2.24) is 10.2 Å². The van der Waals surface area contributed by atoms with E-state index in [1.165, 1.54) is 18.4 Å². The number of halogens is 1. The molecule has 1 fully saturated rings. The molecule has 0 radical (unpaired) electrons. The lowest BCUT2D eigenvalue weighted by molar-refractivity contribution is 0.191. The van der Waals surface area contributed by atoms with Crippen LogP contribution in [0.2, 0.25) is 0 Å². The highest BCUT2D eigenvalue weighted by atomic mass is 19.1. The Morgan fingerprint density at radius 3 is 2.67 bits per heavy atom. The molecule has 100 valence electrons. The molecule has 1 aromatic carbocycles. The first kappa shape index (κ1) is 13.5. The van der Waals surface area contributed by atoms with Gasteiger partial charge in [-0.25, -0.2) is 4.39 Å². The summed E-state index contributed by atoms with van der Waals surface area (Å²) >= 11 is 0. The number of rotatable bonds is 4. The second kappa shape index (κ2) is 6.30. The Hall–Kier alpha value is -0.930. The third kappa shape index (κ3) is 3.53. The van der Waals surface area contributed by atoms with E-state index in [-0.39, 0.29) is 5.82 Å². The van der Waals surface area contributed by atoms with Crippen molar-refractivity contribution >= 4 is 0 Å². The van der Waals surface area contributed by atoms with E-state index in [1.807, 2.05) is 13.0 Å². The maximum atomic E-state index is 13.0. The smallest absolute Gasteiger partial charge is 0.123 e. The molecule has 0 aromatic heterocycles. The molecule has 0 spiro atoms. The Balaban J connectivity index is 1.87. The Labute approximate surface area is 109 Å². The third-order valence-corrected chi connectivity index (χ3v) is 3.78. The second-order valence-corrected chi connectivity index (χ2v) is 5.18. The van der Waals surface area contributed by atoms with E-state index in [4.69, 9.17) is 0 Å². The molecule has 0 atom stereocenters. The van der Waals surface area contributed by atoms with Crippen molar-refractivity contribution in [2.45, 2.75) is 39.3 Å². The van der Waals surface area contributed by atoms with Crippen LogP contribution < -0.4 is 5.32 Å². The fourth-order valence-corrected chi connectivity index (χ4v) is 2.66. The van der Waals surface area contributed by atoms with Gasteiger partial charge in [0.05, 0.1) is 0 Å². The van der Waals surface area contributed by atoms with Crippen LogP contribution in [0, 0.1) is 12.7 Å². The number of nitrogens with one attached hydrogen (secondary N) is 1. The maximum absolute atomic E-state index is 13.0. The van der Waals surface area contributed by atoms with E-state index < -0.39 is 0 Å². The average molecular weight is 250 g/mol. The van der Waals surface area contributed by atoms with Crippen LogP contribution in [0.25, 0.3) is 0 Å². The molecule has 0 amide bonds. The van der Waals surface area contributed by atoms with Gasteiger partial charge in [0.2, 0.25) is 0 Å². The first-order valence-corrected chi connectivity index (χ1v) is 6.90. The lowest BCUT2D eigenvalue weighted by Gasteiger charge is -2.32. The summed E-state index contributed by atoms with van der Waals surface area (Å²) in [5, 5.41) is 3.51. The molecule has 0 bridgehead atoms. The van der Waals surface area contributed by atoms with Gasteiger partial charge >= 0.3 is 0 Å². The summed E-state index contributed by atoms with van der Waals surface area (Å²) < 4.78 is 13.0. The third-order valence-electron chi connectivity index (χ3n) is 3.78. The Morgan fingerprint density at radius 1 is 1.33 bits per heavy atom. The van der Waals surface area contributed by atoms with Gasteiger partial charge in [0.25, 0.3) is 0 Å². The highest BCUT2D eigenvalue weighted by molar-refractivity contribution is 5.26. The van der Waals surface area contributed by atoms with Crippen molar-refractivity contribution in [2.75, 3.05) is 19.6 Å². The van der Waals surface area contributed by atoms with Gasteiger partial charge < -0.3 is 5.32 Å². The summed E-state index contributed by atoms with van der Waals surface area (Å²) in [5.41, 5.74) is 2.31. The molecule has 1 saturated heterocycles. The first-order chi connectivity index (χ1) is 8.69. The topological polar surface area (TPSA) is 15.3 Å². The van der Waals surface area contributed by atoms with Crippen LogP contribution in [-0.4, -0.2) is 30.6 Å². The van der Waals surface area contributed by atoms with E-state index in [2.05, 4.69) is 17.1 Å². The van der Waals surface area contributed by atoms with Gasteiger partial charge in [-0.2, -0.15) is 0 Å². The van der Waals surface area contributed by atoms with Crippen molar-refractivity contribution in [2.24, 2.45) is 0 Å². The molecule has 1 aromatic rings. The maximum Gasteiger partial charge on any atom is 0.123 e. The lowest BCUT2D eigenvalue weighted by atomic mass is 10.0. The standard InChI is InChI=1S/C15H23FN2/c1-3-17-15-6-8-18(9-7-15)11-13-4-5-14(16)10-12(13)2/h4-5,10,15,17H,3,6-9,11H2,1-2H3. The molecule has 1 heterocycles. The minimum Gasteiger partial charge on any atom is -0.314 e. The van der Waals surface area contributed by atoms with Gasteiger partial charge in [-0.3, -0.25) is 4.90 Å². The van der Waals surface area contributed by atoms with Gasteiger partial charge in [0.1, 0.15) is 5.82 Å². The Kier molecular flexibility index (Phi) is 4.72. The summed E-state index contributed by atoms with van der Waals surface area (Å²) in [6.45, 7) is 8.42. The van der Waals surface area contributed by atoms with E-state index in [0.29, 0.717) is 6.04 Å². The van der Waals surface area contributed by atoms with Crippen molar-refractivity contribution in [1.29, 1.82) is 0 Å². The normalized spacial score (nSPS) is 18.2. The van der Waals surface area contributed by atoms with Gasteiger partial charge in [0.15, 0.2) is 0 Å². The predicted octanol–water partition coefficient (Wildman–Crippen LogP) is 2.71. The molecule has 0 unspecified atom stereocenters. The molecule has 1 aliphatic heterocycles. The number of aryl methyl sites for hydroxylation is 1. The minimum absolute atomic E-state index is 0.137. The monoisotopic (exact) mass is 250 g/mol. The van der Waals surface area contributed by atoms with Crippen molar-refractivity contribution in [3.63, 3.8) is 0 Å². The average Bonchev–Trinajstić information content (AvgIpc) is 2.35. The molecular weight excluding hydrogens is 227 g/mol. The molecule has 0 aliphatic carbocycles. The highest BCUT2D eigenvalue weighted by Gasteiger charge is 2.18. The van der Waals surface area contributed by atoms with E-state index >= 15 is 0 Å².